The van der Waals surface area contributed by atoms with Crippen LogP contribution in [0.4, 0.5) is 0 Å². The average Bonchev–Trinajstić information content (AvgIpc) is 2.27. The highest BCUT2D eigenvalue weighted by Crippen LogP contribution is 2.30. The molecule has 98 valence electrons. The fraction of sp³-hybridized carbons (Fsp3) is 0.429. The van der Waals surface area contributed by atoms with Gasteiger partial charge < -0.3 is 9.47 Å². The molecule has 0 aliphatic rings. The van der Waals surface area contributed by atoms with Gasteiger partial charge in [-0.15, -0.1) is 0 Å². The van der Waals surface area contributed by atoms with E-state index in [1.54, 1.807) is 39.0 Å². The molecule has 0 aliphatic heterocycles. The zero-order valence-corrected chi connectivity index (χ0v) is 11.4. The number of carbonyl (C=O) groups excluding carboxylic acids is 2. The normalized spacial score (nSPS) is 10.9. The van der Waals surface area contributed by atoms with Gasteiger partial charge in [-0.1, -0.05) is 0 Å². The summed E-state index contributed by atoms with van der Waals surface area (Å²) in [5, 5.41) is 0. The van der Waals surface area contributed by atoms with E-state index in [1.807, 2.05) is 0 Å². The first kappa shape index (κ1) is 14.2. The highest BCUT2D eigenvalue weighted by molar-refractivity contribution is 5.94. The Morgan fingerprint density at radius 1 is 1.11 bits per heavy atom. The van der Waals surface area contributed by atoms with Crippen LogP contribution in [0.1, 0.15) is 38.1 Å². The van der Waals surface area contributed by atoms with Gasteiger partial charge in [-0.3, -0.25) is 9.59 Å². The summed E-state index contributed by atoms with van der Waals surface area (Å²) in [6, 6.07) is 4.74. The van der Waals surface area contributed by atoms with Crippen molar-refractivity contribution in [3.8, 4) is 11.5 Å². The summed E-state index contributed by atoms with van der Waals surface area (Å²) in [4.78, 5) is 23.0. The lowest BCUT2D eigenvalue weighted by molar-refractivity contribution is -0.143. The van der Waals surface area contributed by atoms with Crippen LogP contribution in [0.25, 0.3) is 0 Å². The number of methoxy groups -OCH3 is 1. The number of hydrogen-bond acceptors (Lipinski definition) is 4. The fourth-order valence-electron chi connectivity index (χ4n) is 1.22. The van der Waals surface area contributed by atoms with Crippen LogP contribution in [0.2, 0.25) is 0 Å². The van der Waals surface area contributed by atoms with E-state index in [0.717, 1.165) is 0 Å². The van der Waals surface area contributed by atoms with Crippen molar-refractivity contribution in [3.63, 3.8) is 0 Å². The van der Waals surface area contributed by atoms with Crippen LogP contribution in [0.15, 0.2) is 18.2 Å². The lowest BCUT2D eigenvalue weighted by Crippen LogP contribution is -2.25. The summed E-state index contributed by atoms with van der Waals surface area (Å²) in [5.41, 5.74) is -0.0769. The maximum atomic E-state index is 11.8. The van der Waals surface area contributed by atoms with Gasteiger partial charge in [0.15, 0.2) is 17.3 Å². The monoisotopic (exact) mass is 250 g/mol. The van der Waals surface area contributed by atoms with Gasteiger partial charge >= 0.3 is 5.97 Å². The minimum absolute atomic E-state index is 0.0676. The quantitative estimate of drug-likeness (QED) is 0.470. The second-order valence-electron chi connectivity index (χ2n) is 5.06. The zero-order valence-electron chi connectivity index (χ0n) is 11.4. The van der Waals surface area contributed by atoms with Crippen LogP contribution in [0, 0.1) is 5.41 Å². The molecule has 0 saturated carbocycles. The number of hydrogen-bond donors (Lipinski definition) is 0. The topological polar surface area (TPSA) is 52.6 Å². The van der Waals surface area contributed by atoms with E-state index in [4.69, 9.17) is 9.47 Å². The van der Waals surface area contributed by atoms with Crippen molar-refractivity contribution in [2.24, 2.45) is 5.41 Å². The number of ether oxygens (including phenoxy) is 2. The molecule has 1 aromatic carbocycles. The van der Waals surface area contributed by atoms with Crippen molar-refractivity contribution in [2.75, 3.05) is 7.11 Å². The molecule has 0 saturated heterocycles. The molecule has 18 heavy (non-hydrogen) atoms. The fourth-order valence-corrected chi connectivity index (χ4v) is 1.22. The number of esters is 1. The second-order valence-corrected chi connectivity index (χ2v) is 5.06. The van der Waals surface area contributed by atoms with E-state index >= 15 is 0 Å². The van der Waals surface area contributed by atoms with Crippen LogP contribution in [0.5, 0.6) is 11.5 Å². The number of ketones is 1. The molecule has 0 atom stereocenters. The van der Waals surface area contributed by atoms with Gasteiger partial charge in [0.2, 0.25) is 0 Å². The molecular weight excluding hydrogens is 232 g/mol. The Balaban J connectivity index is 3.04. The highest BCUT2D eigenvalue weighted by Gasteiger charge is 2.25. The summed E-state index contributed by atoms with van der Waals surface area (Å²) in [6.07, 6.45) is 0. The molecule has 0 radical (unpaired) electrons. The first-order chi connectivity index (χ1) is 8.25. The summed E-state index contributed by atoms with van der Waals surface area (Å²) in [5.74, 6) is 0.279. The van der Waals surface area contributed by atoms with Crippen molar-refractivity contribution in [2.45, 2.75) is 27.7 Å². The summed E-state index contributed by atoms with van der Waals surface area (Å²) in [7, 11) is 1.47. The third-order valence-corrected chi connectivity index (χ3v) is 2.39. The van der Waals surface area contributed by atoms with Gasteiger partial charge in [-0.25, -0.2) is 0 Å². The van der Waals surface area contributed by atoms with Gasteiger partial charge in [0, 0.05) is 5.56 Å². The van der Waals surface area contributed by atoms with Crippen LogP contribution in [-0.4, -0.2) is 18.9 Å². The van der Waals surface area contributed by atoms with Crippen molar-refractivity contribution >= 4 is 11.8 Å². The standard InChI is InChI=1S/C14H18O4/c1-9(15)10-6-7-11(12(8-10)17-5)18-13(16)14(2,3)4/h6-8H,1-5H3. The van der Waals surface area contributed by atoms with Gasteiger partial charge in [0.05, 0.1) is 12.5 Å². The van der Waals surface area contributed by atoms with Crippen LogP contribution >= 0.6 is 0 Å². The minimum Gasteiger partial charge on any atom is -0.493 e. The third kappa shape index (κ3) is 3.32. The Hall–Kier alpha value is -1.84. The predicted octanol–water partition coefficient (Wildman–Crippen LogP) is 2.85. The molecule has 4 nitrogen and oxygen atoms in total. The molecule has 0 spiro atoms. The second kappa shape index (κ2) is 5.21. The van der Waals surface area contributed by atoms with E-state index in [9.17, 15) is 9.59 Å². The van der Waals surface area contributed by atoms with Crippen molar-refractivity contribution in [3.05, 3.63) is 23.8 Å². The summed E-state index contributed by atoms with van der Waals surface area (Å²) < 4.78 is 10.4. The maximum absolute atomic E-state index is 11.8. The molecule has 0 fully saturated rings. The van der Waals surface area contributed by atoms with Crippen LogP contribution < -0.4 is 9.47 Å². The molecule has 0 aromatic heterocycles. The molecule has 0 bridgehead atoms. The van der Waals surface area contributed by atoms with E-state index in [0.29, 0.717) is 17.1 Å². The molecule has 0 aliphatic carbocycles. The molecule has 0 N–H and O–H groups in total. The third-order valence-electron chi connectivity index (χ3n) is 2.39. The number of benzene rings is 1. The Morgan fingerprint density at radius 3 is 2.17 bits per heavy atom. The lowest BCUT2D eigenvalue weighted by Gasteiger charge is -2.17. The lowest BCUT2D eigenvalue weighted by atomic mass is 9.97. The van der Waals surface area contributed by atoms with Crippen LogP contribution in [0.3, 0.4) is 0 Å². The van der Waals surface area contributed by atoms with Gasteiger partial charge in [-0.05, 0) is 45.9 Å². The molecule has 0 unspecified atom stereocenters. The zero-order chi connectivity index (χ0) is 13.9. The molecule has 0 amide bonds. The maximum Gasteiger partial charge on any atom is 0.316 e. The Kier molecular flexibility index (Phi) is 4.11. The smallest absolute Gasteiger partial charge is 0.316 e. The largest absolute Gasteiger partial charge is 0.493 e. The van der Waals surface area contributed by atoms with Crippen molar-refractivity contribution in [1.29, 1.82) is 0 Å². The first-order valence-electron chi connectivity index (χ1n) is 5.67. The number of Topliss-reactive ketones (excluding diaryl/α,β-unsaturated/α-hetero) is 1. The van der Waals surface area contributed by atoms with Gasteiger partial charge in [0.1, 0.15) is 0 Å². The molecule has 4 heteroatoms. The molecule has 1 rings (SSSR count). The Morgan fingerprint density at radius 2 is 1.72 bits per heavy atom. The highest BCUT2D eigenvalue weighted by atomic mass is 16.6. The molecule has 0 heterocycles. The number of carbonyl (C=O) groups is 2. The molecule has 1 aromatic rings. The molecular formula is C14H18O4. The number of rotatable bonds is 3. The minimum atomic E-state index is -0.593. The first-order valence-corrected chi connectivity index (χ1v) is 5.67. The summed E-state index contributed by atoms with van der Waals surface area (Å²) in [6.45, 7) is 6.78. The van der Waals surface area contributed by atoms with Gasteiger partial charge in [-0.2, -0.15) is 0 Å². The van der Waals surface area contributed by atoms with Crippen molar-refractivity contribution in [1.82, 2.24) is 0 Å². The van der Waals surface area contributed by atoms with E-state index in [2.05, 4.69) is 0 Å². The Labute approximate surface area is 107 Å². The van der Waals surface area contributed by atoms with E-state index in [-0.39, 0.29) is 11.8 Å². The Bertz CT molecular complexity index is 469. The summed E-state index contributed by atoms with van der Waals surface area (Å²) >= 11 is 0. The average molecular weight is 250 g/mol. The SMILES string of the molecule is COc1cc(C(C)=O)ccc1OC(=O)C(C)(C)C. The van der Waals surface area contributed by atoms with E-state index < -0.39 is 5.41 Å². The predicted molar refractivity (Wildman–Crippen MR) is 68.1 cm³/mol. The van der Waals surface area contributed by atoms with Crippen LogP contribution in [-0.2, 0) is 4.79 Å². The van der Waals surface area contributed by atoms with Gasteiger partial charge in [0.25, 0.3) is 0 Å². The van der Waals surface area contributed by atoms with E-state index in [1.165, 1.54) is 14.0 Å². The van der Waals surface area contributed by atoms with Crippen molar-refractivity contribution < 1.29 is 19.1 Å².